The number of carbonyl (C=O) groups is 1. The maximum absolute atomic E-state index is 12.2. The van der Waals surface area contributed by atoms with E-state index in [0.29, 0.717) is 12.3 Å². The van der Waals surface area contributed by atoms with Gasteiger partial charge in [0.05, 0.1) is 5.69 Å². The molecule has 0 aliphatic heterocycles. The molecule has 162 valence electrons. The maximum atomic E-state index is 12.2. The summed E-state index contributed by atoms with van der Waals surface area (Å²) in [6.07, 6.45) is 0. The minimum Gasteiger partial charge on any atom is -0.484 e. The molecule has 0 saturated heterocycles. The van der Waals surface area contributed by atoms with Gasteiger partial charge in [-0.1, -0.05) is 66.2 Å². The number of nitrogens with one attached hydrogen (secondary N) is 1. The van der Waals surface area contributed by atoms with E-state index in [4.69, 9.17) is 21.3 Å². The molecule has 0 fully saturated rings. The monoisotopic (exact) mass is 462 g/mol. The predicted octanol–water partition coefficient (Wildman–Crippen LogP) is 6.44. The molecule has 0 bridgehead atoms. The highest BCUT2D eigenvalue weighted by molar-refractivity contribution is 7.13. The number of aromatic nitrogens is 1. The number of hydrogen-bond acceptors (Lipinski definition) is 4. The first-order valence-corrected chi connectivity index (χ1v) is 11.5. The molecule has 6 heteroatoms. The van der Waals surface area contributed by atoms with Crippen LogP contribution in [0.3, 0.4) is 0 Å². The molecule has 4 rings (SSSR count). The molecular weight excluding hydrogens is 440 g/mol. The fourth-order valence-corrected chi connectivity index (χ4v) is 4.25. The lowest BCUT2D eigenvalue weighted by Gasteiger charge is -2.10. The van der Waals surface area contributed by atoms with Crippen LogP contribution in [0.2, 0.25) is 5.02 Å². The molecule has 0 spiro atoms. The lowest BCUT2D eigenvalue weighted by atomic mass is 10.1. The summed E-state index contributed by atoms with van der Waals surface area (Å²) in [6.45, 7) is 4.23. The molecule has 1 aromatic heterocycles. The van der Waals surface area contributed by atoms with Gasteiger partial charge in [0, 0.05) is 28.1 Å². The van der Waals surface area contributed by atoms with Gasteiger partial charge in [-0.3, -0.25) is 4.79 Å². The van der Waals surface area contributed by atoms with E-state index < -0.39 is 0 Å². The van der Waals surface area contributed by atoms with Crippen molar-refractivity contribution in [2.24, 2.45) is 0 Å². The minimum atomic E-state index is -0.174. The van der Waals surface area contributed by atoms with Gasteiger partial charge in [-0.05, 0) is 42.7 Å². The van der Waals surface area contributed by atoms with Crippen molar-refractivity contribution in [3.05, 3.63) is 93.8 Å². The molecular formula is C26H23ClN2O2S. The average molecular weight is 463 g/mol. The molecule has 0 unspecified atom stereocenters. The Morgan fingerprint density at radius 2 is 1.69 bits per heavy atom. The number of carbonyl (C=O) groups excluding carboxylic acids is 1. The molecule has 0 aliphatic rings. The fraction of sp³-hybridized carbons (Fsp3) is 0.154. The zero-order valence-electron chi connectivity index (χ0n) is 17.9. The number of thiazole rings is 1. The Kier molecular flexibility index (Phi) is 6.88. The molecule has 4 aromatic rings. The van der Waals surface area contributed by atoms with Crippen LogP contribution in [0.25, 0.3) is 21.8 Å². The van der Waals surface area contributed by atoms with E-state index in [0.717, 1.165) is 43.5 Å². The Morgan fingerprint density at radius 3 is 2.38 bits per heavy atom. The van der Waals surface area contributed by atoms with Crippen molar-refractivity contribution in [2.45, 2.75) is 20.4 Å². The smallest absolute Gasteiger partial charge is 0.258 e. The third-order valence-electron chi connectivity index (χ3n) is 5.04. The molecule has 0 saturated carbocycles. The number of hydrogen-bond donors (Lipinski definition) is 1. The molecule has 4 nitrogen and oxygen atoms in total. The number of amides is 1. The first kappa shape index (κ1) is 22.1. The van der Waals surface area contributed by atoms with Crippen LogP contribution in [-0.2, 0) is 11.3 Å². The van der Waals surface area contributed by atoms with Gasteiger partial charge >= 0.3 is 0 Å². The number of benzene rings is 3. The van der Waals surface area contributed by atoms with E-state index in [-0.39, 0.29) is 12.5 Å². The van der Waals surface area contributed by atoms with Crippen molar-refractivity contribution in [3.8, 4) is 27.6 Å². The fourth-order valence-electron chi connectivity index (χ4n) is 3.30. The normalized spacial score (nSPS) is 10.7. The van der Waals surface area contributed by atoms with Gasteiger partial charge < -0.3 is 10.1 Å². The summed E-state index contributed by atoms with van der Waals surface area (Å²) in [7, 11) is 0. The van der Waals surface area contributed by atoms with Crippen LogP contribution in [0.1, 0.15) is 16.7 Å². The zero-order chi connectivity index (χ0) is 22.5. The third kappa shape index (κ3) is 5.36. The van der Waals surface area contributed by atoms with Crippen molar-refractivity contribution >= 4 is 28.8 Å². The van der Waals surface area contributed by atoms with E-state index in [1.807, 2.05) is 68.4 Å². The summed E-state index contributed by atoms with van der Waals surface area (Å²) in [5, 5.41) is 6.66. The van der Waals surface area contributed by atoms with Crippen LogP contribution in [0.5, 0.6) is 5.75 Å². The highest BCUT2D eigenvalue weighted by atomic mass is 35.5. The molecule has 0 atom stereocenters. The second-order valence-corrected chi connectivity index (χ2v) is 8.77. The van der Waals surface area contributed by atoms with Crippen molar-refractivity contribution in [1.29, 1.82) is 0 Å². The Balaban J connectivity index is 1.30. The zero-order valence-corrected chi connectivity index (χ0v) is 19.5. The molecule has 1 amide bonds. The molecule has 0 aliphatic carbocycles. The minimum absolute atomic E-state index is 0.0417. The largest absolute Gasteiger partial charge is 0.484 e. The lowest BCUT2D eigenvalue weighted by molar-refractivity contribution is -0.123. The quantitative estimate of drug-likeness (QED) is 0.343. The standard InChI is InChI=1S/C26H23ClN2O2S/c1-17-12-22(13-18(2)25(17)27)31-15-24(30)28-14-19-8-10-21(11-9-19)26-29-23(16-32-26)20-6-4-3-5-7-20/h3-13,16H,14-15H2,1-2H3,(H,28,30). The number of halogens is 1. The van der Waals surface area contributed by atoms with E-state index in [1.165, 1.54) is 0 Å². The molecule has 1 heterocycles. The topological polar surface area (TPSA) is 51.2 Å². The van der Waals surface area contributed by atoms with Gasteiger partial charge in [0.1, 0.15) is 10.8 Å². The highest BCUT2D eigenvalue weighted by Crippen LogP contribution is 2.29. The summed E-state index contributed by atoms with van der Waals surface area (Å²) >= 11 is 7.79. The highest BCUT2D eigenvalue weighted by Gasteiger charge is 2.09. The van der Waals surface area contributed by atoms with Gasteiger partial charge in [0.2, 0.25) is 0 Å². The number of rotatable bonds is 7. The average Bonchev–Trinajstić information content (AvgIpc) is 3.31. The first-order valence-electron chi connectivity index (χ1n) is 10.3. The summed E-state index contributed by atoms with van der Waals surface area (Å²) in [5.41, 5.74) is 6.02. The molecule has 1 N–H and O–H groups in total. The second-order valence-electron chi connectivity index (χ2n) is 7.54. The van der Waals surface area contributed by atoms with Crippen molar-refractivity contribution in [2.75, 3.05) is 6.61 Å². The van der Waals surface area contributed by atoms with Crippen LogP contribution in [0, 0.1) is 13.8 Å². The van der Waals surface area contributed by atoms with Gasteiger partial charge in [-0.15, -0.1) is 11.3 Å². The van der Waals surface area contributed by atoms with Crippen LogP contribution >= 0.6 is 22.9 Å². The number of ether oxygens (including phenoxy) is 1. The van der Waals surface area contributed by atoms with Crippen LogP contribution in [0.15, 0.2) is 72.1 Å². The summed E-state index contributed by atoms with van der Waals surface area (Å²) in [5.74, 6) is 0.467. The summed E-state index contributed by atoms with van der Waals surface area (Å²) < 4.78 is 5.61. The van der Waals surface area contributed by atoms with Crippen LogP contribution in [-0.4, -0.2) is 17.5 Å². The van der Waals surface area contributed by atoms with Crippen LogP contribution in [0.4, 0.5) is 0 Å². The van der Waals surface area contributed by atoms with Crippen LogP contribution < -0.4 is 10.1 Å². The van der Waals surface area contributed by atoms with Crippen molar-refractivity contribution < 1.29 is 9.53 Å². The van der Waals surface area contributed by atoms with E-state index in [2.05, 4.69) is 22.8 Å². The molecule has 3 aromatic carbocycles. The molecule has 32 heavy (non-hydrogen) atoms. The Labute approximate surface area is 196 Å². The van der Waals surface area contributed by atoms with E-state index in [1.54, 1.807) is 11.3 Å². The first-order chi connectivity index (χ1) is 15.5. The SMILES string of the molecule is Cc1cc(OCC(=O)NCc2ccc(-c3nc(-c4ccccc4)cs3)cc2)cc(C)c1Cl. The van der Waals surface area contributed by atoms with Gasteiger partial charge in [0.25, 0.3) is 5.91 Å². The van der Waals surface area contributed by atoms with E-state index >= 15 is 0 Å². The Morgan fingerprint density at radius 1 is 1.00 bits per heavy atom. The van der Waals surface area contributed by atoms with E-state index in [9.17, 15) is 4.79 Å². The second kappa shape index (κ2) is 9.98. The van der Waals surface area contributed by atoms with Gasteiger partial charge in [-0.2, -0.15) is 0 Å². The number of nitrogens with zero attached hydrogens (tertiary/aromatic N) is 1. The lowest BCUT2D eigenvalue weighted by Crippen LogP contribution is -2.28. The third-order valence-corrected chi connectivity index (χ3v) is 6.53. The molecule has 0 radical (unpaired) electrons. The van der Waals surface area contributed by atoms with Gasteiger partial charge in [0.15, 0.2) is 6.61 Å². The summed E-state index contributed by atoms with van der Waals surface area (Å²) in [4.78, 5) is 16.9. The summed E-state index contributed by atoms with van der Waals surface area (Å²) in [6, 6.07) is 21.9. The Hall–Kier alpha value is -3.15. The number of aryl methyl sites for hydroxylation is 2. The predicted molar refractivity (Wildman–Crippen MR) is 131 cm³/mol. The van der Waals surface area contributed by atoms with Crippen molar-refractivity contribution in [3.63, 3.8) is 0 Å². The van der Waals surface area contributed by atoms with Gasteiger partial charge in [-0.25, -0.2) is 4.98 Å². The maximum Gasteiger partial charge on any atom is 0.258 e. The Bertz CT molecular complexity index is 1200. The van der Waals surface area contributed by atoms with Crippen molar-refractivity contribution in [1.82, 2.24) is 10.3 Å².